The first-order chi connectivity index (χ1) is 8.79. The van der Waals surface area contributed by atoms with E-state index >= 15 is 0 Å². The van der Waals surface area contributed by atoms with E-state index in [4.69, 9.17) is 9.47 Å². The summed E-state index contributed by atoms with van der Waals surface area (Å²) in [4.78, 5) is 12.5. The predicted octanol–water partition coefficient (Wildman–Crippen LogP) is 1.99. The number of hydrogen-bond donors (Lipinski definition) is 0. The van der Waals surface area contributed by atoms with Crippen LogP contribution in [0.25, 0.3) is 0 Å². The molecule has 3 aliphatic heterocycles. The maximum atomic E-state index is 12.5. The van der Waals surface area contributed by atoms with Crippen LogP contribution in [0, 0.1) is 5.92 Å². The van der Waals surface area contributed by atoms with Crippen molar-refractivity contribution in [2.24, 2.45) is 5.92 Å². The Morgan fingerprint density at radius 1 is 1.22 bits per heavy atom. The summed E-state index contributed by atoms with van der Waals surface area (Å²) in [5.74, 6) is 4.62. The van der Waals surface area contributed by atoms with Crippen LogP contribution in [-0.2, 0) is 14.3 Å². The summed E-state index contributed by atoms with van der Waals surface area (Å²) in [5, 5.41) is 0. The Hall–Kier alpha value is 0.290. The average molecular weight is 288 g/mol. The number of ketones is 1. The smallest absolute Gasteiger partial charge is 0.165 e. The summed E-state index contributed by atoms with van der Waals surface area (Å²) in [7, 11) is 0. The van der Waals surface area contributed by atoms with Crippen molar-refractivity contribution in [2.75, 3.05) is 36.2 Å². The monoisotopic (exact) mass is 288 g/mol. The Morgan fingerprint density at radius 2 is 2.17 bits per heavy atom. The van der Waals surface area contributed by atoms with Crippen molar-refractivity contribution in [3.63, 3.8) is 0 Å². The van der Waals surface area contributed by atoms with Crippen molar-refractivity contribution in [3.05, 3.63) is 0 Å². The molecule has 0 bridgehead atoms. The Bertz CT molecular complexity index is 309. The Labute approximate surface area is 117 Å². The molecule has 1 spiro atoms. The highest BCUT2D eigenvalue weighted by molar-refractivity contribution is 7.99. The number of thioether (sulfide) groups is 2. The van der Waals surface area contributed by atoms with Crippen LogP contribution >= 0.6 is 23.5 Å². The van der Waals surface area contributed by atoms with Gasteiger partial charge in [-0.3, -0.25) is 4.79 Å². The van der Waals surface area contributed by atoms with E-state index in [9.17, 15) is 4.79 Å². The van der Waals surface area contributed by atoms with Gasteiger partial charge in [0.1, 0.15) is 6.10 Å². The first-order valence-electron chi connectivity index (χ1n) is 6.74. The minimum Gasteiger partial charge on any atom is -0.374 e. The fourth-order valence-corrected chi connectivity index (χ4v) is 5.28. The first-order valence-corrected chi connectivity index (χ1v) is 9.05. The van der Waals surface area contributed by atoms with Crippen molar-refractivity contribution in [2.45, 2.75) is 31.0 Å². The quantitative estimate of drug-likeness (QED) is 0.776. The lowest BCUT2D eigenvalue weighted by molar-refractivity contribution is -0.143. The zero-order valence-corrected chi connectivity index (χ0v) is 12.2. The van der Waals surface area contributed by atoms with Gasteiger partial charge in [-0.05, 0) is 25.0 Å². The highest BCUT2D eigenvalue weighted by Gasteiger charge is 2.43. The largest absolute Gasteiger partial charge is 0.374 e. The van der Waals surface area contributed by atoms with Gasteiger partial charge in [0.2, 0.25) is 0 Å². The molecule has 3 atom stereocenters. The normalized spacial score (nSPS) is 41.1. The van der Waals surface area contributed by atoms with Crippen molar-refractivity contribution in [1.29, 1.82) is 0 Å². The van der Waals surface area contributed by atoms with Gasteiger partial charge in [0.05, 0.1) is 12.2 Å². The topological polar surface area (TPSA) is 35.5 Å². The highest BCUT2D eigenvalue weighted by Crippen LogP contribution is 2.41. The zero-order valence-electron chi connectivity index (χ0n) is 10.6. The van der Waals surface area contributed by atoms with E-state index in [1.54, 1.807) is 0 Å². The molecule has 0 radical (unpaired) electrons. The number of carbonyl (C=O) groups excluding carboxylic acids is 1. The van der Waals surface area contributed by atoms with Gasteiger partial charge in [-0.25, -0.2) is 0 Å². The van der Waals surface area contributed by atoms with Gasteiger partial charge in [0.25, 0.3) is 0 Å². The summed E-state index contributed by atoms with van der Waals surface area (Å²) in [6.45, 7) is 1.47. The molecule has 0 saturated carbocycles. The van der Waals surface area contributed by atoms with Crippen molar-refractivity contribution in [3.8, 4) is 0 Å². The van der Waals surface area contributed by atoms with Crippen molar-refractivity contribution >= 4 is 29.3 Å². The lowest BCUT2D eigenvalue weighted by Gasteiger charge is -2.38. The molecule has 0 aromatic heterocycles. The predicted molar refractivity (Wildman–Crippen MR) is 75.4 cm³/mol. The van der Waals surface area contributed by atoms with Crippen LogP contribution in [0.1, 0.15) is 19.3 Å². The van der Waals surface area contributed by atoms with E-state index in [1.807, 2.05) is 23.5 Å². The molecule has 0 aliphatic carbocycles. The van der Waals surface area contributed by atoms with Gasteiger partial charge in [-0.15, -0.1) is 0 Å². The molecule has 5 heteroatoms. The molecule has 0 aromatic carbocycles. The van der Waals surface area contributed by atoms with Crippen LogP contribution in [0.3, 0.4) is 0 Å². The number of hydrogen-bond acceptors (Lipinski definition) is 5. The average Bonchev–Trinajstić information content (AvgIpc) is 2.87. The lowest BCUT2D eigenvalue weighted by Crippen LogP contribution is -2.45. The molecule has 0 amide bonds. The summed E-state index contributed by atoms with van der Waals surface area (Å²) in [5.41, 5.74) is 0.00501. The fourth-order valence-electron chi connectivity index (χ4n) is 3.05. The molecule has 3 nitrogen and oxygen atoms in total. The molecule has 3 fully saturated rings. The molecule has 0 aromatic rings. The van der Waals surface area contributed by atoms with E-state index in [2.05, 4.69) is 0 Å². The Balaban J connectivity index is 1.62. The van der Waals surface area contributed by atoms with Crippen LogP contribution < -0.4 is 0 Å². The fraction of sp³-hybridized carbons (Fsp3) is 0.923. The standard InChI is InChI=1S/C13H20O3S2/c14-12(11-8-17-6-4-15-11)10-1-3-16-13(7-10)2-5-18-9-13/h10-11H,1-9H2. The van der Waals surface area contributed by atoms with Crippen LogP contribution in [-0.4, -0.2) is 53.7 Å². The van der Waals surface area contributed by atoms with Crippen molar-refractivity contribution in [1.82, 2.24) is 0 Å². The number of Topliss-reactive ketones (excluding diaryl/α,β-unsaturated/α-hetero) is 1. The van der Waals surface area contributed by atoms with E-state index in [0.29, 0.717) is 5.78 Å². The molecule has 3 heterocycles. The van der Waals surface area contributed by atoms with Crippen LogP contribution in [0.5, 0.6) is 0 Å². The molecule has 3 aliphatic rings. The Kier molecular flexibility index (Phi) is 4.23. The van der Waals surface area contributed by atoms with Gasteiger partial charge in [-0.1, -0.05) is 0 Å². The molecular formula is C13H20O3S2. The third-order valence-electron chi connectivity index (χ3n) is 4.10. The minimum atomic E-state index is -0.155. The summed E-state index contributed by atoms with van der Waals surface area (Å²) in [6.07, 6.45) is 2.76. The van der Waals surface area contributed by atoms with Gasteiger partial charge >= 0.3 is 0 Å². The third-order valence-corrected chi connectivity index (χ3v) is 6.31. The van der Waals surface area contributed by atoms with Gasteiger partial charge < -0.3 is 9.47 Å². The van der Waals surface area contributed by atoms with Gasteiger partial charge in [-0.2, -0.15) is 23.5 Å². The molecule has 3 saturated heterocycles. The van der Waals surface area contributed by atoms with Crippen LogP contribution in [0.15, 0.2) is 0 Å². The maximum Gasteiger partial charge on any atom is 0.165 e. The minimum absolute atomic E-state index is 0.00501. The van der Waals surface area contributed by atoms with E-state index in [0.717, 1.165) is 49.7 Å². The van der Waals surface area contributed by atoms with E-state index in [1.165, 1.54) is 5.75 Å². The zero-order chi connectivity index (χ0) is 12.4. The molecule has 3 rings (SSSR count). The van der Waals surface area contributed by atoms with E-state index in [-0.39, 0.29) is 17.6 Å². The summed E-state index contributed by atoms with van der Waals surface area (Å²) >= 11 is 3.80. The summed E-state index contributed by atoms with van der Waals surface area (Å²) < 4.78 is 11.6. The van der Waals surface area contributed by atoms with Crippen LogP contribution in [0.4, 0.5) is 0 Å². The van der Waals surface area contributed by atoms with Gasteiger partial charge in [0.15, 0.2) is 5.78 Å². The SMILES string of the molecule is O=C(C1CCOC2(CCSC2)C1)C1CSCCO1. The lowest BCUT2D eigenvalue weighted by atomic mass is 9.82. The molecule has 102 valence electrons. The number of rotatable bonds is 2. The third kappa shape index (κ3) is 2.74. The molecule has 18 heavy (non-hydrogen) atoms. The van der Waals surface area contributed by atoms with Gasteiger partial charge in [0, 0.05) is 29.8 Å². The first kappa shape index (κ1) is 13.3. The molecular weight excluding hydrogens is 268 g/mol. The number of ether oxygens (including phenoxy) is 2. The molecule has 3 unspecified atom stereocenters. The number of carbonyl (C=O) groups is 1. The second-order valence-corrected chi connectivity index (χ2v) is 7.62. The summed E-state index contributed by atoms with van der Waals surface area (Å²) in [6, 6.07) is 0. The van der Waals surface area contributed by atoms with Crippen molar-refractivity contribution < 1.29 is 14.3 Å². The molecule has 0 N–H and O–H groups in total. The Morgan fingerprint density at radius 3 is 2.89 bits per heavy atom. The second kappa shape index (κ2) is 5.73. The highest BCUT2D eigenvalue weighted by atomic mass is 32.2. The second-order valence-electron chi connectivity index (χ2n) is 5.36. The van der Waals surface area contributed by atoms with Crippen LogP contribution in [0.2, 0.25) is 0 Å². The van der Waals surface area contributed by atoms with E-state index < -0.39 is 0 Å². The maximum absolute atomic E-state index is 12.5.